The van der Waals surface area contributed by atoms with Crippen LogP contribution in [0.3, 0.4) is 0 Å². The molecule has 4 aromatic rings. The molecule has 0 aliphatic rings. The summed E-state index contributed by atoms with van der Waals surface area (Å²) in [5.41, 5.74) is 2.99. The first-order valence-electron chi connectivity index (χ1n) is 8.28. The Hall–Kier alpha value is -2.71. The highest BCUT2D eigenvalue weighted by molar-refractivity contribution is 7.98. The van der Waals surface area contributed by atoms with Gasteiger partial charge in [0.1, 0.15) is 5.75 Å². The Morgan fingerprint density at radius 3 is 2.52 bits per heavy atom. The summed E-state index contributed by atoms with van der Waals surface area (Å²) < 4.78 is 7.33. The van der Waals surface area contributed by atoms with E-state index in [2.05, 4.69) is 30.1 Å². The van der Waals surface area contributed by atoms with Crippen LogP contribution in [0.25, 0.3) is 17.1 Å². The van der Waals surface area contributed by atoms with Crippen LogP contribution in [0.1, 0.15) is 10.7 Å². The molecule has 0 amide bonds. The molecule has 136 valence electrons. The van der Waals surface area contributed by atoms with Crippen LogP contribution < -0.4 is 4.74 Å². The summed E-state index contributed by atoms with van der Waals surface area (Å²) in [5.74, 6) is 2.33. The second kappa shape index (κ2) is 7.89. The van der Waals surface area contributed by atoms with Gasteiger partial charge in [0.05, 0.1) is 17.8 Å². The fourth-order valence-electron chi connectivity index (χ4n) is 2.63. The predicted octanol–water partition coefficient (Wildman–Crippen LogP) is 4.40. The van der Waals surface area contributed by atoms with Gasteiger partial charge < -0.3 is 4.74 Å². The molecule has 8 heteroatoms. The third-order valence-electron chi connectivity index (χ3n) is 3.92. The number of pyridine rings is 1. The number of benzene rings is 1. The smallest absolute Gasteiger partial charge is 0.196 e. The number of hydrogen-bond acceptors (Lipinski definition) is 7. The second-order valence-corrected chi connectivity index (χ2v) is 7.73. The minimum atomic E-state index is 0.745. The molecule has 6 nitrogen and oxygen atoms in total. The second-order valence-electron chi connectivity index (χ2n) is 5.72. The van der Waals surface area contributed by atoms with Gasteiger partial charge in [0.2, 0.25) is 0 Å². The zero-order valence-electron chi connectivity index (χ0n) is 14.9. The molecule has 0 spiro atoms. The maximum absolute atomic E-state index is 5.28. The van der Waals surface area contributed by atoms with E-state index < -0.39 is 0 Å². The Morgan fingerprint density at radius 1 is 1.07 bits per heavy atom. The van der Waals surface area contributed by atoms with E-state index in [1.54, 1.807) is 42.6 Å². The molecular formula is C19H17N5OS2. The van der Waals surface area contributed by atoms with Gasteiger partial charge in [-0.05, 0) is 43.3 Å². The van der Waals surface area contributed by atoms with Gasteiger partial charge in [-0.2, -0.15) is 0 Å². The molecule has 0 fully saturated rings. The third kappa shape index (κ3) is 3.86. The van der Waals surface area contributed by atoms with E-state index in [1.807, 2.05) is 43.3 Å². The predicted molar refractivity (Wildman–Crippen MR) is 108 cm³/mol. The number of ether oxygens (including phenoxy) is 1. The van der Waals surface area contributed by atoms with Crippen LogP contribution in [-0.4, -0.2) is 31.8 Å². The molecule has 0 N–H and O–H groups in total. The van der Waals surface area contributed by atoms with Crippen LogP contribution in [0.4, 0.5) is 0 Å². The topological polar surface area (TPSA) is 65.7 Å². The van der Waals surface area contributed by atoms with E-state index in [0.29, 0.717) is 0 Å². The number of rotatable bonds is 6. The molecule has 0 aliphatic heterocycles. The van der Waals surface area contributed by atoms with Crippen molar-refractivity contribution in [1.82, 2.24) is 24.7 Å². The molecular weight excluding hydrogens is 378 g/mol. The molecule has 0 atom stereocenters. The minimum Gasteiger partial charge on any atom is -0.497 e. The number of aryl methyl sites for hydroxylation is 1. The van der Waals surface area contributed by atoms with Gasteiger partial charge in [0.15, 0.2) is 11.0 Å². The highest BCUT2D eigenvalue weighted by atomic mass is 32.2. The zero-order valence-corrected chi connectivity index (χ0v) is 16.5. The first kappa shape index (κ1) is 17.7. The van der Waals surface area contributed by atoms with E-state index in [0.717, 1.165) is 44.4 Å². The van der Waals surface area contributed by atoms with Gasteiger partial charge in [-0.15, -0.1) is 21.5 Å². The third-order valence-corrected chi connectivity index (χ3v) is 5.70. The maximum Gasteiger partial charge on any atom is 0.196 e. The quantitative estimate of drug-likeness (QED) is 0.451. The molecule has 0 bridgehead atoms. The summed E-state index contributed by atoms with van der Waals surface area (Å²) in [5, 5.41) is 12.8. The fourth-order valence-corrected chi connectivity index (χ4v) is 4.19. The fraction of sp³-hybridized carbons (Fsp3) is 0.158. The van der Waals surface area contributed by atoms with Gasteiger partial charge in [-0.3, -0.25) is 9.55 Å². The average Bonchev–Trinajstić information content (AvgIpc) is 3.33. The van der Waals surface area contributed by atoms with Crippen molar-refractivity contribution in [3.05, 3.63) is 64.9 Å². The first-order valence-corrected chi connectivity index (χ1v) is 10.1. The van der Waals surface area contributed by atoms with E-state index in [1.165, 1.54) is 0 Å². The van der Waals surface area contributed by atoms with Crippen LogP contribution >= 0.6 is 23.1 Å². The molecule has 0 unspecified atom stereocenters. The van der Waals surface area contributed by atoms with Crippen molar-refractivity contribution < 1.29 is 4.74 Å². The maximum atomic E-state index is 5.28. The molecule has 0 saturated heterocycles. The Bertz CT molecular complexity index is 1030. The number of thioether (sulfide) groups is 1. The number of methoxy groups -OCH3 is 1. The monoisotopic (exact) mass is 395 g/mol. The molecule has 3 heterocycles. The van der Waals surface area contributed by atoms with Crippen LogP contribution in [0.2, 0.25) is 0 Å². The Labute approximate surface area is 165 Å². The van der Waals surface area contributed by atoms with Crippen LogP contribution in [-0.2, 0) is 5.75 Å². The van der Waals surface area contributed by atoms with Crippen LogP contribution in [0.15, 0.2) is 59.3 Å². The van der Waals surface area contributed by atoms with Crippen molar-refractivity contribution >= 4 is 23.1 Å². The molecule has 3 aromatic heterocycles. The van der Waals surface area contributed by atoms with Crippen LogP contribution in [0, 0.1) is 6.92 Å². The lowest BCUT2D eigenvalue weighted by Gasteiger charge is -2.10. The standard InChI is InChI=1S/C19H17N5OS2/c1-13-21-15(11-26-13)12-27-19-23-22-18(14-7-9-20-10-8-14)24(19)16-3-5-17(25-2)6-4-16/h3-11H,12H2,1-2H3. The van der Waals surface area contributed by atoms with Crippen molar-refractivity contribution in [2.45, 2.75) is 17.8 Å². The summed E-state index contributed by atoms with van der Waals surface area (Å²) in [6, 6.07) is 11.7. The summed E-state index contributed by atoms with van der Waals surface area (Å²) in [6.45, 7) is 2.01. The summed E-state index contributed by atoms with van der Waals surface area (Å²) >= 11 is 3.28. The van der Waals surface area contributed by atoms with E-state index in [-0.39, 0.29) is 0 Å². The summed E-state index contributed by atoms with van der Waals surface area (Å²) in [4.78, 5) is 8.63. The number of thiazole rings is 1. The first-order chi connectivity index (χ1) is 13.2. The normalized spacial score (nSPS) is 10.9. The SMILES string of the molecule is COc1ccc(-n2c(SCc3csc(C)n3)nnc2-c2ccncc2)cc1. The van der Waals surface area contributed by atoms with E-state index >= 15 is 0 Å². The Kier molecular flexibility index (Phi) is 5.17. The molecule has 4 rings (SSSR count). The van der Waals surface area contributed by atoms with Gasteiger partial charge in [0.25, 0.3) is 0 Å². The minimum absolute atomic E-state index is 0.745. The van der Waals surface area contributed by atoms with Gasteiger partial charge >= 0.3 is 0 Å². The molecule has 1 aromatic carbocycles. The number of nitrogens with zero attached hydrogens (tertiary/aromatic N) is 5. The number of hydrogen-bond donors (Lipinski definition) is 0. The molecule has 0 aliphatic carbocycles. The van der Waals surface area contributed by atoms with Crippen LogP contribution in [0.5, 0.6) is 5.75 Å². The van der Waals surface area contributed by atoms with Crippen molar-refractivity contribution in [3.8, 4) is 22.8 Å². The van der Waals surface area contributed by atoms with Crippen molar-refractivity contribution in [2.75, 3.05) is 7.11 Å². The van der Waals surface area contributed by atoms with Crippen molar-refractivity contribution in [3.63, 3.8) is 0 Å². The summed E-state index contributed by atoms with van der Waals surface area (Å²) in [7, 11) is 1.66. The van der Waals surface area contributed by atoms with Gasteiger partial charge in [0, 0.05) is 34.8 Å². The molecule has 27 heavy (non-hydrogen) atoms. The van der Waals surface area contributed by atoms with E-state index in [4.69, 9.17) is 4.74 Å². The van der Waals surface area contributed by atoms with Gasteiger partial charge in [-0.25, -0.2) is 4.98 Å². The highest BCUT2D eigenvalue weighted by Crippen LogP contribution is 2.30. The molecule has 0 saturated carbocycles. The average molecular weight is 396 g/mol. The molecule has 0 radical (unpaired) electrons. The number of aromatic nitrogens is 5. The van der Waals surface area contributed by atoms with Crippen molar-refractivity contribution in [1.29, 1.82) is 0 Å². The largest absolute Gasteiger partial charge is 0.497 e. The van der Waals surface area contributed by atoms with Crippen molar-refractivity contribution in [2.24, 2.45) is 0 Å². The zero-order chi connectivity index (χ0) is 18.6. The summed E-state index contributed by atoms with van der Waals surface area (Å²) in [6.07, 6.45) is 3.51. The lowest BCUT2D eigenvalue weighted by molar-refractivity contribution is 0.414. The Morgan fingerprint density at radius 2 is 1.85 bits per heavy atom. The Balaban J connectivity index is 1.72. The van der Waals surface area contributed by atoms with Gasteiger partial charge in [-0.1, -0.05) is 11.8 Å². The lowest BCUT2D eigenvalue weighted by Crippen LogP contribution is -2.00. The van der Waals surface area contributed by atoms with E-state index in [9.17, 15) is 0 Å². The lowest BCUT2D eigenvalue weighted by atomic mass is 10.2. The highest BCUT2D eigenvalue weighted by Gasteiger charge is 2.16.